The highest BCUT2D eigenvalue weighted by Gasteiger charge is 2.29. The molecule has 1 aromatic heterocycles. The Labute approximate surface area is 116 Å². The lowest BCUT2D eigenvalue weighted by Crippen LogP contribution is -2.30. The number of rotatable bonds is 2. The summed E-state index contributed by atoms with van der Waals surface area (Å²) >= 11 is 0. The predicted molar refractivity (Wildman–Crippen MR) is 79.4 cm³/mol. The van der Waals surface area contributed by atoms with Crippen molar-refractivity contribution in [2.75, 3.05) is 11.4 Å². The Kier molecular flexibility index (Phi) is 3.48. The lowest BCUT2D eigenvalue weighted by atomic mass is 9.94. The maximum Gasteiger partial charge on any atom is 0.133 e. The van der Waals surface area contributed by atoms with Gasteiger partial charge in [0.15, 0.2) is 0 Å². The molecule has 1 fully saturated rings. The molecule has 2 unspecified atom stereocenters. The van der Waals surface area contributed by atoms with Crippen LogP contribution in [-0.2, 0) is 19.4 Å². The van der Waals surface area contributed by atoms with Crippen molar-refractivity contribution >= 4 is 5.82 Å². The molecule has 3 rings (SSSR count). The first-order valence-corrected chi connectivity index (χ1v) is 7.67. The zero-order valence-corrected chi connectivity index (χ0v) is 12.2. The SMILES string of the molecule is CC1CC(C)N(c2nc3c(cc2CN)CCCC3)C1. The largest absolute Gasteiger partial charge is 0.353 e. The van der Waals surface area contributed by atoms with E-state index < -0.39 is 0 Å². The third kappa shape index (κ3) is 2.36. The van der Waals surface area contributed by atoms with Gasteiger partial charge in [-0.1, -0.05) is 6.92 Å². The van der Waals surface area contributed by atoms with Crippen molar-refractivity contribution in [2.24, 2.45) is 11.7 Å². The topological polar surface area (TPSA) is 42.2 Å². The molecule has 104 valence electrons. The van der Waals surface area contributed by atoms with E-state index in [1.165, 1.54) is 48.3 Å². The summed E-state index contributed by atoms with van der Waals surface area (Å²) < 4.78 is 0. The first kappa shape index (κ1) is 12.9. The molecule has 1 saturated heterocycles. The molecule has 0 spiro atoms. The number of anilines is 1. The quantitative estimate of drug-likeness (QED) is 0.888. The highest BCUT2D eigenvalue weighted by molar-refractivity contribution is 5.52. The maximum atomic E-state index is 5.96. The number of hydrogen-bond acceptors (Lipinski definition) is 3. The Balaban J connectivity index is 2.00. The van der Waals surface area contributed by atoms with Crippen LogP contribution in [0, 0.1) is 5.92 Å². The molecule has 3 nitrogen and oxygen atoms in total. The van der Waals surface area contributed by atoms with Crippen LogP contribution in [0.25, 0.3) is 0 Å². The van der Waals surface area contributed by atoms with Crippen LogP contribution in [0.15, 0.2) is 6.07 Å². The Morgan fingerprint density at radius 1 is 1.32 bits per heavy atom. The van der Waals surface area contributed by atoms with Gasteiger partial charge in [-0.15, -0.1) is 0 Å². The zero-order chi connectivity index (χ0) is 13.4. The summed E-state index contributed by atoms with van der Waals surface area (Å²) in [5.41, 5.74) is 9.97. The first-order chi connectivity index (χ1) is 9.19. The van der Waals surface area contributed by atoms with Gasteiger partial charge in [0.2, 0.25) is 0 Å². The van der Waals surface area contributed by atoms with Crippen LogP contribution in [0.3, 0.4) is 0 Å². The summed E-state index contributed by atoms with van der Waals surface area (Å²) in [7, 11) is 0. The lowest BCUT2D eigenvalue weighted by molar-refractivity contribution is 0.624. The number of pyridine rings is 1. The predicted octanol–water partition coefficient (Wildman–Crippen LogP) is 2.65. The van der Waals surface area contributed by atoms with E-state index in [0.29, 0.717) is 12.6 Å². The second-order valence-electron chi connectivity index (χ2n) is 6.33. The number of fused-ring (bicyclic) bond motifs is 1. The van der Waals surface area contributed by atoms with Gasteiger partial charge >= 0.3 is 0 Å². The van der Waals surface area contributed by atoms with Gasteiger partial charge in [-0.2, -0.15) is 0 Å². The van der Waals surface area contributed by atoms with Gasteiger partial charge in [0.1, 0.15) is 5.82 Å². The minimum atomic E-state index is 0.592. The summed E-state index contributed by atoms with van der Waals surface area (Å²) in [6.07, 6.45) is 6.18. The number of hydrogen-bond donors (Lipinski definition) is 1. The van der Waals surface area contributed by atoms with Crippen LogP contribution in [-0.4, -0.2) is 17.6 Å². The molecular formula is C16H25N3. The standard InChI is InChI=1S/C16H25N3/c1-11-7-12(2)19(10-11)16-14(9-17)8-13-5-3-4-6-15(13)18-16/h8,11-12H,3-7,9-10,17H2,1-2H3. The van der Waals surface area contributed by atoms with Crippen molar-refractivity contribution in [3.63, 3.8) is 0 Å². The molecule has 3 heteroatoms. The molecule has 2 N–H and O–H groups in total. The fraction of sp³-hybridized carbons (Fsp3) is 0.688. The van der Waals surface area contributed by atoms with E-state index in [4.69, 9.17) is 10.7 Å². The third-order valence-corrected chi connectivity index (χ3v) is 4.63. The van der Waals surface area contributed by atoms with E-state index >= 15 is 0 Å². The van der Waals surface area contributed by atoms with E-state index in [2.05, 4.69) is 24.8 Å². The van der Waals surface area contributed by atoms with E-state index in [1.54, 1.807) is 0 Å². The van der Waals surface area contributed by atoms with Gasteiger partial charge in [-0.05, 0) is 56.6 Å². The molecule has 1 aliphatic heterocycles. The summed E-state index contributed by atoms with van der Waals surface area (Å²) in [6.45, 7) is 6.37. The van der Waals surface area contributed by atoms with Gasteiger partial charge in [-0.3, -0.25) is 0 Å². The normalized spacial score (nSPS) is 26.6. The summed E-state index contributed by atoms with van der Waals surface area (Å²) in [4.78, 5) is 7.47. The van der Waals surface area contributed by atoms with Crippen molar-refractivity contribution in [3.8, 4) is 0 Å². The minimum Gasteiger partial charge on any atom is -0.353 e. The summed E-state index contributed by atoms with van der Waals surface area (Å²) in [5.74, 6) is 1.93. The van der Waals surface area contributed by atoms with Crippen LogP contribution in [0.4, 0.5) is 5.82 Å². The Morgan fingerprint density at radius 2 is 2.11 bits per heavy atom. The molecule has 2 atom stereocenters. The first-order valence-electron chi connectivity index (χ1n) is 7.67. The fourth-order valence-corrected chi connectivity index (χ4v) is 3.66. The van der Waals surface area contributed by atoms with E-state index in [0.717, 1.165) is 18.9 Å². The minimum absolute atomic E-state index is 0.592. The van der Waals surface area contributed by atoms with Gasteiger partial charge < -0.3 is 10.6 Å². The van der Waals surface area contributed by atoms with Crippen molar-refractivity contribution < 1.29 is 0 Å². The molecule has 1 aromatic rings. The van der Waals surface area contributed by atoms with E-state index in [-0.39, 0.29) is 0 Å². The highest BCUT2D eigenvalue weighted by atomic mass is 15.2. The second-order valence-corrected chi connectivity index (χ2v) is 6.33. The number of nitrogens with zero attached hydrogens (tertiary/aromatic N) is 2. The van der Waals surface area contributed by atoms with Crippen LogP contribution in [0.1, 0.15) is 49.9 Å². The summed E-state index contributed by atoms with van der Waals surface area (Å²) in [5, 5.41) is 0. The Morgan fingerprint density at radius 3 is 2.79 bits per heavy atom. The van der Waals surface area contributed by atoms with Gasteiger partial charge in [-0.25, -0.2) is 4.98 Å². The van der Waals surface area contributed by atoms with Crippen molar-refractivity contribution in [2.45, 2.75) is 58.5 Å². The van der Waals surface area contributed by atoms with Gasteiger partial charge in [0.25, 0.3) is 0 Å². The van der Waals surface area contributed by atoms with Crippen LogP contribution in [0.5, 0.6) is 0 Å². The van der Waals surface area contributed by atoms with Crippen molar-refractivity contribution in [1.82, 2.24) is 4.98 Å². The van der Waals surface area contributed by atoms with Gasteiger partial charge in [0.05, 0.1) is 0 Å². The number of aromatic nitrogens is 1. The fourth-order valence-electron chi connectivity index (χ4n) is 3.66. The third-order valence-electron chi connectivity index (χ3n) is 4.63. The van der Waals surface area contributed by atoms with Crippen LogP contribution in [0.2, 0.25) is 0 Å². The van der Waals surface area contributed by atoms with E-state index in [9.17, 15) is 0 Å². The van der Waals surface area contributed by atoms with Crippen LogP contribution >= 0.6 is 0 Å². The van der Waals surface area contributed by atoms with Crippen molar-refractivity contribution in [1.29, 1.82) is 0 Å². The summed E-state index contributed by atoms with van der Waals surface area (Å²) in [6, 6.07) is 2.92. The molecule has 0 radical (unpaired) electrons. The number of aryl methyl sites for hydroxylation is 2. The molecule has 0 saturated carbocycles. The highest BCUT2D eigenvalue weighted by Crippen LogP contribution is 2.32. The maximum absolute atomic E-state index is 5.96. The molecule has 0 bridgehead atoms. The van der Waals surface area contributed by atoms with Gasteiger partial charge in [0, 0.05) is 30.4 Å². The monoisotopic (exact) mass is 259 g/mol. The lowest BCUT2D eigenvalue weighted by Gasteiger charge is -2.27. The average molecular weight is 259 g/mol. The molecule has 0 aromatic carbocycles. The average Bonchev–Trinajstić information content (AvgIpc) is 2.76. The smallest absolute Gasteiger partial charge is 0.133 e. The Hall–Kier alpha value is -1.09. The molecular weight excluding hydrogens is 234 g/mol. The van der Waals surface area contributed by atoms with E-state index in [1.807, 2.05) is 0 Å². The molecule has 2 heterocycles. The molecule has 1 aliphatic carbocycles. The zero-order valence-electron chi connectivity index (χ0n) is 12.2. The molecule has 2 aliphatic rings. The van der Waals surface area contributed by atoms with Crippen molar-refractivity contribution in [3.05, 3.63) is 22.9 Å². The molecule has 0 amide bonds. The second kappa shape index (κ2) is 5.12. The Bertz CT molecular complexity index is 469. The van der Waals surface area contributed by atoms with Crippen LogP contribution < -0.4 is 10.6 Å². The molecule has 19 heavy (non-hydrogen) atoms. The number of nitrogens with two attached hydrogens (primary N) is 1.